The lowest BCUT2D eigenvalue weighted by Crippen LogP contribution is -2.64. The second-order valence-electron chi connectivity index (χ2n) is 8.98. The van der Waals surface area contributed by atoms with E-state index >= 15 is 0 Å². The summed E-state index contributed by atoms with van der Waals surface area (Å²) >= 11 is 0. The molecule has 28 heavy (non-hydrogen) atoms. The van der Waals surface area contributed by atoms with Crippen LogP contribution in [0.1, 0.15) is 51.0 Å². The van der Waals surface area contributed by atoms with Gasteiger partial charge in [-0.05, 0) is 49.6 Å². The van der Waals surface area contributed by atoms with Crippen molar-refractivity contribution in [3.05, 3.63) is 35.9 Å². The van der Waals surface area contributed by atoms with Crippen LogP contribution in [0.4, 0.5) is 0 Å². The number of piperidine rings is 3. The third-order valence-electron chi connectivity index (χ3n) is 7.14. The zero-order valence-electron chi connectivity index (χ0n) is 17.3. The van der Waals surface area contributed by atoms with E-state index in [0.717, 1.165) is 5.56 Å². The molecule has 0 unspecified atom stereocenters. The van der Waals surface area contributed by atoms with Gasteiger partial charge in [-0.1, -0.05) is 50.1 Å². The number of nitrogens with zero attached hydrogens (tertiary/aromatic N) is 3. The second kappa shape index (κ2) is 8.42. The fourth-order valence-electron chi connectivity index (χ4n) is 5.87. The summed E-state index contributed by atoms with van der Waals surface area (Å²) in [5.41, 5.74) is 1.04. The Kier molecular flexibility index (Phi) is 6.12. The smallest absolute Gasteiger partial charge is 0.282 e. The second-order valence-corrected chi connectivity index (χ2v) is 11.0. The van der Waals surface area contributed by atoms with Crippen molar-refractivity contribution in [1.82, 2.24) is 13.5 Å². The maximum atomic E-state index is 13.4. The van der Waals surface area contributed by atoms with E-state index in [1.807, 2.05) is 34.6 Å². The van der Waals surface area contributed by atoms with Crippen molar-refractivity contribution in [2.24, 2.45) is 11.8 Å². The summed E-state index contributed by atoms with van der Waals surface area (Å²) in [6.07, 6.45) is 7.42. The Balaban J connectivity index is 1.53. The van der Waals surface area contributed by atoms with E-state index in [1.165, 1.54) is 49.4 Å². The summed E-state index contributed by atoms with van der Waals surface area (Å²) in [4.78, 5) is 2.77. The first-order chi connectivity index (χ1) is 13.5. The van der Waals surface area contributed by atoms with Gasteiger partial charge in [0, 0.05) is 38.8 Å². The van der Waals surface area contributed by atoms with E-state index in [9.17, 15) is 8.42 Å². The minimum atomic E-state index is -3.43. The first-order valence-electron chi connectivity index (χ1n) is 11.0. The molecule has 0 aromatic heterocycles. The van der Waals surface area contributed by atoms with E-state index in [4.69, 9.17) is 0 Å². The van der Waals surface area contributed by atoms with Gasteiger partial charge in [-0.15, -0.1) is 0 Å². The van der Waals surface area contributed by atoms with Crippen molar-refractivity contribution in [3.8, 4) is 0 Å². The predicted octanol–water partition coefficient (Wildman–Crippen LogP) is 3.34. The molecule has 3 heterocycles. The van der Waals surface area contributed by atoms with E-state index in [1.54, 1.807) is 7.05 Å². The van der Waals surface area contributed by atoms with Crippen LogP contribution in [-0.4, -0.2) is 60.7 Å². The van der Waals surface area contributed by atoms with Gasteiger partial charge in [-0.25, -0.2) is 0 Å². The maximum absolute atomic E-state index is 13.4. The summed E-state index contributed by atoms with van der Waals surface area (Å²) < 4.78 is 30.1. The van der Waals surface area contributed by atoms with Gasteiger partial charge >= 0.3 is 0 Å². The highest BCUT2D eigenvalue weighted by Crippen LogP contribution is 2.43. The first-order valence-corrected chi connectivity index (χ1v) is 12.4. The van der Waals surface area contributed by atoms with Crippen LogP contribution in [-0.2, 0) is 16.8 Å². The van der Waals surface area contributed by atoms with Gasteiger partial charge in [-0.2, -0.15) is 17.0 Å². The predicted molar refractivity (Wildman–Crippen MR) is 113 cm³/mol. The highest BCUT2D eigenvalue weighted by atomic mass is 32.2. The molecule has 4 rings (SSSR count). The zero-order chi connectivity index (χ0) is 19.7. The van der Waals surface area contributed by atoms with Gasteiger partial charge in [0.1, 0.15) is 0 Å². The van der Waals surface area contributed by atoms with E-state index in [0.29, 0.717) is 43.6 Å². The largest absolute Gasteiger partial charge is 0.297 e. The van der Waals surface area contributed by atoms with Crippen molar-refractivity contribution in [2.45, 2.75) is 64.1 Å². The molecule has 4 atom stereocenters. The van der Waals surface area contributed by atoms with E-state index in [-0.39, 0.29) is 0 Å². The summed E-state index contributed by atoms with van der Waals surface area (Å²) in [6, 6.07) is 11.0. The molecule has 6 heteroatoms. The number of fused-ring (bicyclic) bond motifs is 4. The Morgan fingerprint density at radius 3 is 2.61 bits per heavy atom. The molecule has 1 aromatic carbocycles. The highest BCUT2D eigenvalue weighted by molar-refractivity contribution is 7.86. The normalized spacial score (nSPS) is 31.7. The molecule has 3 fully saturated rings. The molecular formula is C22H35N3O2S. The average molecular weight is 406 g/mol. The van der Waals surface area contributed by atoms with Gasteiger partial charge in [0.05, 0.1) is 0 Å². The lowest BCUT2D eigenvalue weighted by Gasteiger charge is -2.56. The van der Waals surface area contributed by atoms with Crippen LogP contribution in [0, 0.1) is 11.8 Å². The Morgan fingerprint density at radius 1 is 1.11 bits per heavy atom. The molecule has 3 aliphatic rings. The Hall–Kier alpha value is -0.950. The summed E-state index contributed by atoms with van der Waals surface area (Å²) in [5, 5.41) is 0. The Bertz CT molecular complexity index is 754. The molecule has 3 aliphatic heterocycles. The molecule has 0 spiro atoms. The minimum Gasteiger partial charge on any atom is -0.297 e. The molecule has 5 nitrogen and oxygen atoms in total. The molecule has 0 N–H and O–H groups in total. The first kappa shape index (κ1) is 20.3. The van der Waals surface area contributed by atoms with Gasteiger partial charge in [0.25, 0.3) is 10.2 Å². The summed E-state index contributed by atoms with van der Waals surface area (Å²) in [6.45, 7) is 5.28. The van der Waals surface area contributed by atoms with Gasteiger partial charge in [-0.3, -0.25) is 4.90 Å². The molecule has 0 saturated carbocycles. The van der Waals surface area contributed by atoms with Gasteiger partial charge in [0.2, 0.25) is 0 Å². The van der Waals surface area contributed by atoms with Crippen LogP contribution >= 0.6 is 0 Å². The number of benzene rings is 1. The molecule has 2 bridgehead atoms. The van der Waals surface area contributed by atoms with E-state index in [2.05, 4.69) is 11.8 Å². The standard InChI is InChI=1S/C22H35N3O2S/c1-3-9-21-19-14-20(22-12-7-8-13-25(21)22)17-24(16-19)28(26,27)23(2)15-18-10-5-4-6-11-18/h4-6,10-11,19-22H,3,7-9,12-17H2,1-2H3/t19-,20+,21-,22-/m0/s1. The third-order valence-corrected chi connectivity index (χ3v) is 9.01. The number of hydrogen-bond donors (Lipinski definition) is 0. The van der Waals surface area contributed by atoms with Gasteiger partial charge in [0.15, 0.2) is 0 Å². The topological polar surface area (TPSA) is 43.9 Å². The van der Waals surface area contributed by atoms with Crippen LogP contribution in [0.5, 0.6) is 0 Å². The summed E-state index contributed by atoms with van der Waals surface area (Å²) in [7, 11) is -1.70. The average Bonchev–Trinajstić information content (AvgIpc) is 2.71. The van der Waals surface area contributed by atoms with Crippen molar-refractivity contribution in [3.63, 3.8) is 0 Å². The van der Waals surface area contributed by atoms with Crippen LogP contribution < -0.4 is 0 Å². The lowest BCUT2D eigenvalue weighted by atomic mass is 9.72. The Morgan fingerprint density at radius 2 is 1.86 bits per heavy atom. The van der Waals surface area contributed by atoms with Crippen LogP contribution in [0.2, 0.25) is 0 Å². The van der Waals surface area contributed by atoms with Crippen molar-refractivity contribution >= 4 is 10.2 Å². The molecule has 1 aromatic rings. The maximum Gasteiger partial charge on any atom is 0.282 e. The molecule has 0 radical (unpaired) electrons. The van der Waals surface area contributed by atoms with Gasteiger partial charge < -0.3 is 0 Å². The zero-order valence-corrected chi connectivity index (χ0v) is 18.2. The van der Waals surface area contributed by atoms with Crippen molar-refractivity contribution in [2.75, 3.05) is 26.7 Å². The molecule has 3 saturated heterocycles. The molecular weight excluding hydrogens is 370 g/mol. The van der Waals surface area contributed by atoms with Crippen molar-refractivity contribution in [1.29, 1.82) is 0 Å². The summed E-state index contributed by atoms with van der Waals surface area (Å²) in [5.74, 6) is 0.972. The van der Waals surface area contributed by atoms with Crippen molar-refractivity contribution < 1.29 is 8.42 Å². The molecule has 156 valence electrons. The highest BCUT2D eigenvalue weighted by Gasteiger charge is 2.49. The fraction of sp³-hybridized carbons (Fsp3) is 0.727. The fourth-order valence-corrected chi connectivity index (χ4v) is 7.33. The molecule has 0 aliphatic carbocycles. The number of rotatable bonds is 6. The van der Waals surface area contributed by atoms with Crippen LogP contribution in [0.3, 0.4) is 0 Å². The minimum absolute atomic E-state index is 0.433. The van der Waals surface area contributed by atoms with Crippen LogP contribution in [0.25, 0.3) is 0 Å². The Labute approximate surface area is 170 Å². The SMILES string of the molecule is CCC[C@H]1[C@H]2C[C@H](CN(S(=O)(=O)N(C)Cc3ccccc3)C2)[C@@H]2CCCCN21. The van der Waals surface area contributed by atoms with Crippen LogP contribution in [0.15, 0.2) is 30.3 Å². The molecule has 0 amide bonds. The lowest BCUT2D eigenvalue weighted by molar-refractivity contribution is -0.0589. The monoisotopic (exact) mass is 405 g/mol. The third kappa shape index (κ3) is 3.89. The number of hydrogen-bond acceptors (Lipinski definition) is 3. The van der Waals surface area contributed by atoms with E-state index < -0.39 is 10.2 Å². The quantitative estimate of drug-likeness (QED) is 0.729.